The molecular formula is C18H18N6O2. The van der Waals surface area contributed by atoms with E-state index in [1.165, 1.54) is 18.3 Å². The Kier molecular flexibility index (Phi) is 4.08. The molecule has 2 N–H and O–H groups in total. The van der Waals surface area contributed by atoms with Crippen LogP contribution in [0.25, 0.3) is 11.4 Å². The van der Waals surface area contributed by atoms with Crippen molar-refractivity contribution in [2.45, 2.75) is 18.9 Å². The molecule has 0 saturated heterocycles. The van der Waals surface area contributed by atoms with Crippen molar-refractivity contribution in [2.75, 3.05) is 5.32 Å². The minimum absolute atomic E-state index is 0.0450. The monoisotopic (exact) mass is 350 g/mol. The maximum atomic E-state index is 11.2. The van der Waals surface area contributed by atoms with Crippen molar-refractivity contribution in [1.29, 1.82) is 0 Å². The zero-order valence-corrected chi connectivity index (χ0v) is 14.2. The summed E-state index contributed by atoms with van der Waals surface area (Å²) in [5, 5.41) is 12.5. The van der Waals surface area contributed by atoms with Gasteiger partial charge in [0.05, 0.1) is 23.0 Å². The number of nitrogens with one attached hydrogen (secondary N) is 1. The highest BCUT2D eigenvalue weighted by molar-refractivity contribution is 5.88. The topological polar surface area (TPSA) is 106 Å². The Morgan fingerprint density at radius 1 is 1.19 bits per heavy atom. The minimum Gasteiger partial charge on any atom is -0.478 e. The van der Waals surface area contributed by atoms with Crippen LogP contribution in [0.3, 0.4) is 0 Å². The molecule has 8 nitrogen and oxygen atoms in total. The molecule has 0 radical (unpaired) electrons. The van der Waals surface area contributed by atoms with E-state index >= 15 is 0 Å². The second kappa shape index (κ2) is 6.55. The fourth-order valence-electron chi connectivity index (χ4n) is 2.91. The number of aromatic carboxylic acids is 1. The van der Waals surface area contributed by atoms with Crippen LogP contribution in [-0.4, -0.2) is 35.6 Å². The van der Waals surface area contributed by atoms with Crippen molar-refractivity contribution in [2.24, 2.45) is 13.0 Å². The summed E-state index contributed by atoms with van der Waals surface area (Å²) in [5.41, 5.74) is 1.24. The standard InChI is InChI=1S/C18H18N6O2/c1-24-9-8-20-16(24)15(11-2-3-11)23-18-21-7-5-13(22-18)14-10-12(17(25)26)4-6-19-14/h4-11,15H,2-3H2,1H3,(H,25,26)(H,21,22,23)/t15-/m0/s1. The number of rotatable bonds is 6. The number of anilines is 1. The van der Waals surface area contributed by atoms with Crippen LogP contribution in [-0.2, 0) is 7.05 Å². The van der Waals surface area contributed by atoms with Gasteiger partial charge in [0.15, 0.2) is 0 Å². The summed E-state index contributed by atoms with van der Waals surface area (Å²) in [4.78, 5) is 28.7. The molecule has 1 aliphatic rings. The van der Waals surface area contributed by atoms with Crippen LogP contribution in [0.15, 0.2) is 43.0 Å². The predicted octanol–water partition coefficient (Wildman–Crippen LogP) is 2.53. The lowest BCUT2D eigenvalue weighted by Gasteiger charge is -2.18. The lowest BCUT2D eigenvalue weighted by Crippen LogP contribution is -2.18. The van der Waals surface area contributed by atoms with E-state index in [9.17, 15) is 4.79 Å². The molecule has 8 heteroatoms. The average Bonchev–Trinajstić information content (AvgIpc) is 3.41. The molecular weight excluding hydrogens is 332 g/mol. The van der Waals surface area contributed by atoms with E-state index in [0.29, 0.717) is 23.3 Å². The van der Waals surface area contributed by atoms with E-state index in [1.54, 1.807) is 18.5 Å². The summed E-state index contributed by atoms with van der Waals surface area (Å²) in [6.45, 7) is 0. The van der Waals surface area contributed by atoms with Crippen LogP contribution in [0.4, 0.5) is 5.95 Å². The van der Waals surface area contributed by atoms with Gasteiger partial charge in [0.1, 0.15) is 5.82 Å². The van der Waals surface area contributed by atoms with Gasteiger partial charge in [0.2, 0.25) is 5.95 Å². The predicted molar refractivity (Wildman–Crippen MR) is 94.5 cm³/mol. The average molecular weight is 350 g/mol. The molecule has 3 heterocycles. The van der Waals surface area contributed by atoms with Crippen molar-refractivity contribution in [3.05, 3.63) is 54.4 Å². The molecule has 3 aromatic rings. The molecule has 0 amide bonds. The maximum absolute atomic E-state index is 11.2. The van der Waals surface area contributed by atoms with E-state index in [1.807, 2.05) is 17.8 Å². The number of carbonyl (C=O) groups is 1. The van der Waals surface area contributed by atoms with E-state index in [0.717, 1.165) is 18.7 Å². The molecule has 0 unspecified atom stereocenters. The van der Waals surface area contributed by atoms with Gasteiger partial charge >= 0.3 is 5.97 Å². The first kappa shape index (κ1) is 16.2. The fourth-order valence-corrected chi connectivity index (χ4v) is 2.91. The second-order valence-electron chi connectivity index (χ2n) is 6.36. The number of hydrogen-bond donors (Lipinski definition) is 2. The van der Waals surface area contributed by atoms with Crippen molar-refractivity contribution >= 4 is 11.9 Å². The summed E-state index contributed by atoms with van der Waals surface area (Å²) < 4.78 is 2.00. The minimum atomic E-state index is -0.996. The highest BCUT2D eigenvalue weighted by Crippen LogP contribution is 2.41. The van der Waals surface area contributed by atoms with Gasteiger partial charge in [-0.2, -0.15) is 0 Å². The third kappa shape index (κ3) is 3.26. The first-order chi connectivity index (χ1) is 12.6. The van der Waals surface area contributed by atoms with Crippen molar-refractivity contribution < 1.29 is 9.90 Å². The molecule has 26 heavy (non-hydrogen) atoms. The number of carboxylic acid groups (broad SMARTS) is 1. The normalized spacial score (nSPS) is 14.8. The Morgan fingerprint density at radius 2 is 2.00 bits per heavy atom. The summed E-state index contributed by atoms with van der Waals surface area (Å²) in [6, 6.07) is 4.72. The van der Waals surface area contributed by atoms with E-state index in [4.69, 9.17) is 5.11 Å². The van der Waals surface area contributed by atoms with E-state index < -0.39 is 5.97 Å². The SMILES string of the molecule is Cn1ccnc1[C@@H](Nc1nccc(-c2cc(C(=O)O)ccn2)n1)C1CC1. The van der Waals surface area contributed by atoms with Crippen LogP contribution < -0.4 is 5.32 Å². The van der Waals surface area contributed by atoms with Crippen LogP contribution in [0, 0.1) is 5.92 Å². The number of nitrogens with zero attached hydrogens (tertiary/aromatic N) is 5. The van der Waals surface area contributed by atoms with E-state index in [-0.39, 0.29) is 11.6 Å². The zero-order chi connectivity index (χ0) is 18.1. The van der Waals surface area contributed by atoms with Gasteiger partial charge in [-0.1, -0.05) is 0 Å². The van der Waals surface area contributed by atoms with Gasteiger partial charge in [-0.3, -0.25) is 4.98 Å². The molecule has 1 atom stereocenters. The lowest BCUT2D eigenvalue weighted by atomic mass is 10.1. The second-order valence-corrected chi connectivity index (χ2v) is 6.36. The number of carboxylic acids is 1. The van der Waals surface area contributed by atoms with Crippen molar-refractivity contribution in [1.82, 2.24) is 24.5 Å². The van der Waals surface area contributed by atoms with Crippen LogP contribution in [0.5, 0.6) is 0 Å². The molecule has 132 valence electrons. The van der Waals surface area contributed by atoms with Crippen LogP contribution >= 0.6 is 0 Å². The maximum Gasteiger partial charge on any atom is 0.335 e. The third-order valence-electron chi connectivity index (χ3n) is 4.44. The molecule has 0 aliphatic heterocycles. The van der Waals surface area contributed by atoms with Gasteiger partial charge in [-0.25, -0.2) is 19.7 Å². The molecule has 1 saturated carbocycles. The molecule has 4 rings (SSSR count). The van der Waals surface area contributed by atoms with Gasteiger partial charge < -0.3 is 15.0 Å². The quantitative estimate of drug-likeness (QED) is 0.703. The summed E-state index contributed by atoms with van der Waals surface area (Å²) >= 11 is 0. The number of aromatic nitrogens is 5. The zero-order valence-electron chi connectivity index (χ0n) is 14.2. The molecule has 1 fully saturated rings. The number of aryl methyl sites for hydroxylation is 1. The Balaban J connectivity index is 1.62. The molecule has 0 spiro atoms. The van der Waals surface area contributed by atoms with Crippen LogP contribution in [0.2, 0.25) is 0 Å². The lowest BCUT2D eigenvalue weighted by molar-refractivity contribution is 0.0697. The van der Waals surface area contributed by atoms with Crippen molar-refractivity contribution in [3.8, 4) is 11.4 Å². The van der Waals surface area contributed by atoms with E-state index in [2.05, 4.69) is 25.3 Å². The molecule has 0 bridgehead atoms. The number of imidazole rings is 1. The Morgan fingerprint density at radius 3 is 2.69 bits per heavy atom. The van der Waals surface area contributed by atoms with Gasteiger partial charge in [0, 0.05) is 31.8 Å². The molecule has 0 aromatic carbocycles. The summed E-state index contributed by atoms with van der Waals surface area (Å²) in [5.74, 6) is 0.943. The highest BCUT2D eigenvalue weighted by atomic mass is 16.4. The first-order valence-corrected chi connectivity index (χ1v) is 8.38. The molecule has 3 aromatic heterocycles. The Hall–Kier alpha value is -3.29. The molecule has 1 aliphatic carbocycles. The fraction of sp³-hybridized carbons (Fsp3) is 0.278. The summed E-state index contributed by atoms with van der Waals surface area (Å²) in [6.07, 6.45) is 9.10. The smallest absolute Gasteiger partial charge is 0.335 e. The van der Waals surface area contributed by atoms with Crippen molar-refractivity contribution in [3.63, 3.8) is 0 Å². The highest BCUT2D eigenvalue weighted by Gasteiger charge is 2.35. The van der Waals surface area contributed by atoms with Crippen LogP contribution in [0.1, 0.15) is 35.1 Å². The van der Waals surface area contributed by atoms with Gasteiger partial charge in [-0.15, -0.1) is 0 Å². The summed E-state index contributed by atoms with van der Waals surface area (Å²) in [7, 11) is 1.97. The number of pyridine rings is 1. The van der Waals surface area contributed by atoms with Gasteiger partial charge in [-0.05, 0) is 37.0 Å². The third-order valence-corrected chi connectivity index (χ3v) is 4.44. The number of hydrogen-bond acceptors (Lipinski definition) is 6. The Bertz CT molecular complexity index is 950. The first-order valence-electron chi connectivity index (χ1n) is 8.38. The largest absolute Gasteiger partial charge is 0.478 e. The Labute approximate surface area is 150 Å². The van der Waals surface area contributed by atoms with Gasteiger partial charge in [0.25, 0.3) is 0 Å².